The molecule has 1 rings (SSSR count). The van der Waals surface area contributed by atoms with Crippen LogP contribution in [-0.4, -0.2) is 24.0 Å². The smallest absolute Gasteiger partial charge is 0.0363 e. The summed E-state index contributed by atoms with van der Waals surface area (Å²) >= 11 is 0. The minimum atomic E-state index is 0.226. The summed E-state index contributed by atoms with van der Waals surface area (Å²) in [7, 11) is 2.18. The molecule has 0 aromatic carbocycles. The van der Waals surface area contributed by atoms with Gasteiger partial charge in [0.1, 0.15) is 0 Å². The van der Waals surface area contributed by atoms with E-state index in [2.05, 4.69) is 45.4 Å². The lowest BCUT2D eigenvalue weighted by Crippen LogP contribution is -2.35. The molecule has 0 radical (unpaired) electrons. The molecule has 0 bridgehead atoms. The summed E-state index contributed by atoms with van der Waals surface area (Å²) in [4.78, 5) is 2.39. The van der Waals surface area contributed by atoms with Crippen LogP contribution < -0.4 is 0 Å². The Hall–Kier alpha value is -0.300. The van der Waals surface area contributed by atoms with E-state index in [9.17, 15) is 0 Å². The third-order valence-corrected chi connectivity index (χ3v) is 2.81. The van der Waals surface area contributed by atoms with Crippen molar-refractivity contribution in [1.29, 1.82) is 0 Å². The van der Waals surface area contributed by atoms with Crippen molar-refractivity contribution in [2.24, 2.45) is 5.41 Å². The van der Waals surface area contributed by atoms with Crippen LogP contribution in [0, 0.1) is 5.41 Å². The first-order valence-electron chi connectivity index (χ1n) is 4.24. The van der Waals surface area contributed by atoms with Crippen LogP contribution in [0.25, 0.3) is 0 Å². The zero-order valence-electron chi connectivity index (χ0n) is 8.15. The van der Waals surface area contributed by atoms with Gasteiger partial charge in [-0.3, -0.25) is 4.90 Å². The lowest BCUT2D eigenvalue weighted by Gasteiger charge is -2.28. The zero-order valence-corrected chi connectivity index (χ0v) is 8.15. The topological polar surface area (TPSA) is 3.24 Å². The molecular formula is C10H19N. The van der Waals surface area contributed by atoms with Crippen LogP contribution in [0.3, 0.4) is 0 Å². The van der Waals surface area contributed by atoms with E-state index >= 15 is 0 Å². The molecule has 1 atom stereocenters. The van der Waals surface area contributed by atoms with Crippen molar-refractivity contribution >= 4 is 0 Å². The van der Waals surface area contributed by atoms with Crippen molar-refractivity contribution in [2.45, 2.75) is 32.7 Å². The first-order valence-corrected chi connectivity index (χ1v) is 4.24. The Kier molecular flexibility index (Phi) is 1.87. The largest absolute Gasteiger partial charge is 0.297 e. The van der Waals surface area contributed by atoms with Crippen molar-refractivity contribution < 1.29 is 0 Å². The molecule has 1 unspecified atom stereocenters. The Balaban J connectivity index is 2.81. The SMILES string of the molecule is C=CC1(C)CC(C)(C)CN1C. The highest BCUT2D eigenvalue weighted by Gasteiger charge is 2.41. The number of hydrogen-bond acceptors (Lipinski definition) is 1. The van der Waals surface area contributed by atoms with Crippen molar-refractivity contribution in [3.05, 3.63) is 12.7 Å². The average molecular weight is 153 g/mol. The van der Waals surface area contributed by atoms with Crippen LogP contribution in [-0.2, 0) is 0 Å². The molecule has 64 valence electrons. The summed E-state index contributed by atoms with van der Waals surface area (Å²) in [6, 6.07) is 0. The van der Waals surface area contributed by atoms with E-state index in [0.717, 1.165) is 0 Å². The maximum atomic E-state index is 3.89. The standard InChI is InChI=1S/C10H19N/c1-6-10(4)7-9(2,3)8-11(10)5/h6H,1,7-8H2,2-5H3. The van der Waals surface area contributed by atoms with Crippen molar-refractivity contribution in [3.8, 4) is 0 Å². The van der Waals surface area contributed by atoms with Crippen molar-refractivity contribution in [3.63, 3.8) is 0 Å². The van der Waals surface area contributed by atoms with Gasteiger partial charge in [0.05, 0.1) is 0 Å². The number of likely N-dealkylation sites (tertiary alicyclic amines) is 1. The van der Waals surface area contributed by atoms with Gasteiger partial charge < -0.3 is 0 Å². The number of nitrogens with zero attached hydrogens (tertiary/aromatic N) is 1. The highest BCUT2D eigenvalue weighted by atomic mass is 15.2. The molecule has 1 saturated heterocycles. The van der Waals surface area contributed by atoms with Gasteiger partial charge >= 0.3 is 0 Å². The van der Waals surface area contributed by atoms with Gasteiger partial charge in [-0.25, -0.2) is 0 Å². The quantitative estimate of drug-likeness (QED) is 0.522. The minimum absolute atomic E-state index is 0.226. The highest BCUT2D eigenvalue weighted by Crippen LogP contribution is 2.40. The molecule has 0 aliphatic carbocycles. The Bertz CT molecular complexity index is 172. The van der Waals surface area contributed by atoms with Crippen LogP contribution in [0.5, 0.6) is 0 Å². The molecule has 1 heteroatoms. The third kappa shape index (κ3) is 1.48. The molecule has 0 aromatic rings. The van der Waals surface area contributed by atoms with Crippen molar-refractivity contribution in [1.82, 2.24) is 4.90 Å². The first-order chi connectivity index (χ1) is 4.90. The second-order valence-corrected chi connectivity index (χ2v) is 4.76. The van der Waals surface area contributed by atoms with Gasteiger partial charge in [-0.05, 0) is 25.8 Å². The monoisotopic (exact) mass is 153 g/mol. The van der Waals surface area contributed by atoms with Crippen LogP contribution >= 0.6 is 0 Å². The highest BCUT2D eigenvalue weighted by molar-refractivity contribution is 5.08. The van der Waals surface area contributed by atoms with Gasteiger partial charge in [0, 0.05) is 12.1 Å². The summed E-state index contributed by atoms with van der Waals surface area (Å²) in [6.45, 7) is 12.0. The van der Waals surface area contributed by atoms with E-state index in [4.69, 9.17) is 0 Å². The molecular weight excluding hydrogens is 134 g/mol. The summed E-state index contributed by atoms with van der Waals surface area (Å²) in [5.74, 6) is 0. The van der Waals surface area contributed by atoms with Gasteiger partial charge in [0.15, 0.2) is 0 Å². The lowest BCUT2D eigenvalue weighted by atomic mass is 9.85. The predicted octanol–water partition coefficient (Wildman–Crippen LogP) is 2.29. The summed E-state index contributed by atoms with van der Waals surface area (Å²) in [5.41, 5.74) is 0.682. The summed E-state index contributed by atoms with van der Waals surface area (Å²) in [6.07, 6.45) is 3.29. The average Bonchev–Trinajstić information content (AvgIpc) is 2.03. The van der Waals surface area contributed by atoms with Gasteiger partial charge in [0.25, 0.3) is 0 Å². The Labute approximate surface area is 70.1 Å². The second kappa shape index (κ2) is 2.34. The molecule has 0 saturated carbocycles. The molecule has 0 aromatic heterocycles. The first kappa shape index (κ1) is 8.79. The fourth-order valence-electron chi connectivity index (χ4n) is 2.21. The third-order valence-electron chi connectivity index (χ3n) is 2.81. The summed E-state index contributed by atoms with van der Waals surface area (Å²) < 4.78 is 0. The van der Waals surface area contributed by atoms with Gasteiger partial charge in [-0.1, -0.05) is 19.9 Å². The number of likely N-dealkylation sites (N-methyl/N-ethyl adjacent to an activating group) is 1. The molecule has 1 aliphatic rings. The van der Waals surface area contributed by atoms with Gasteiger partial charge in [-0.2, -0.15) is 0 Å². The normalized spacial score (nSPS) is 37.5. The molecule has 0 spiro atoms. The van der Waals surface area contributed by atoms with E-state index in [1.807, 2.05) is 0 Å². The molecule has 1 nitrogen and oxygen atoms in total. The van der Waals surface area contributed by atoms with Crippen LogP contribution in [0.1, 0.15) is 27.2 Å². The Morgan fingerprint density at radius 1 is 1.36 bits per heavy atom. The van der Waals surface area contributed by atoms with E-state index in [1.165, 1.54) is 13.0 Å². The number of hydrogen-bond donors (Lipinski definition) is 0. The Morgan fingerprint density at radius 2 is 1.91 bits per heavy atom. The fourth-order valence-corrected chi connectivity index (χ4v) is 2.21. The maximum absolute atomic E-state index is 3.89. The molecule has 1 heterocycles. The summed E-state index contributed by atoms with van der Waals surface area (Å²) in [5, 5.41) is 0. The molecule has 11 heavy (non-hydrogen) atoms. The van der Waals surface area contributed by atoms with E-state index in [1.54, 1.807) is 0 Å². The number of rotatable bonds is 1. The van der Waals surface area contributed by atoms with E-state index in [-0.39, 0.29) is 5.54 Å². The van der Waals surface area contributed by atoms with Crippen LogP contribution in [0.15, 0.2) is 12.7 Å². The maximum Gasteiger partial charge on any atom is 0.0363 e. The van der Waals surface area contributed by atoms with Gasteiger partial charge in [0.2, 0.25) is 0 Å². The zero-order chi connectivity index (χ0) is 8.70. The molecule has 1 fully saturated rings. The molecule has 0 amide bonds. The lowest BCUT2D eigenvalue weighted by molar-refractivity contribution is 0.249. The molecule has 1 aliphatic heterocycles. The fraction of sp³-hybridized carbons (Fsp3) is 0.800. The van der Waals surface area contributed by atoms with Crippen molar-refractivity contribution in [2.75, 3.05) is 13.6 Å². The van der Waals surface area contributed by atoms with E-state index in [0.29, 0.717) is 5.41 Å². The Morgan fingerprint density at radius 3 is 2.09 bits per heavy atom. The van der Waals surface area contributed by atoms with E-state index < -0.39 is 0 Å². The second-order valence-electron chi connectivity index (χ2n) is 4.76. The van der Waals surface area contributed by atoms with Crippen LogP contribution in [0.4, 0.5) is 0 Å². The predicted molar refractivity (Wildman–Crippen MR) is 49.6 cm³/mol. The molecule has 0 N–H and O–H groups in total. The van der Waals surface area contributed by atoms with Gasteiger partial charge in [-0.15, -0.1) is 6.58 Å². The minimum Gasteiger partial charge on any atom is -0.297 e. The van der Waals surface area contributed by atoms with Crippen LogP contribution in [0.2, 0.25) is 0 Å².